The van der Waals surface area contributed by atoms with Crippen molar-refractivity contribution in [1.82, 2.24) is 10.6 Å². The number of carbonyl (C=O) groups is 2. The SMILES string of the molecule is CCCCNC(=O)/C(=C\c1ccc(OC)c(OC)c1)NC(=O)Cc1ccc(OC)cc1. The van der Waals surface area contributed by atoms with Crippen molar-refractivity contribution < 1.29 is 23.8 Å². The van der Waals surface area contributed by atoms with E-state index in [2.05, 4.69) is 10.6 Å². The van der Waals surface area contributed by atoms with Gasteiger partial charge in [-0.3, -0.25) is 9.59 Å². The number of rotatable bonds is 11. The smallest absolute Gasteiger partial charge is 0.267 e. The van der Waals surface area contributed by atoms with Gasteiger partial charge in [0, 0.05) is 6.54 Å². The van der Waals surface area contributed by atoms with Gasteiger partial charge in [0.1, 0.15) is 11.4 Å². The van der Waals surface area contributed by atoms with Gasteiger partial charge in [0.2, 0.25) is 5.91 Å². The van der Waals surface area contributed by atoms with Gasteiger partial charge in [-0.05, 0) is 47.9 Å². The van der Waals surface area contributed by atoms with Crippen LogP contribution in [0.25, 0.3) is 6.08 Å². The van der Waals surface area contributed by atoms with Crippen LogP contribution in [0.15, 0.2) is 48.2 Å². The summed E-state index contributed by atoms with van der Waals surface area (Å²) < 4.78 is 15.7. The molecule has 7 heteroatoms. The molecule has 0 atom stereocenters. The van der Waals surface area contributed by atoms with Crippen LogP contribution >= 0.6 is 0 Å². The minimum absolute atomic E-state index is 0.134. The normalized spacial score (nSPS) is 10.9. The number of ether oxygens (including phenoxy) is 3. The molecule has 2 aromatic rings. The van der Waals surface area contributed by atoms with E-state index in [-0.39, 0.29) is 23.9 Å². The molecule has 0 saturated carbocycles. The minimum Gasteiger partial charge on any atom is -0.497 e. The lowest BCUT2D eigenvalue weighted by Gasteiger charge is -2.12. The molecule has 0 spiro atoms. The average Bonchev–Trinajstić information content (AvgIpc) is 2.79. The number of amides is 2. The summed E-state index contributed by atoms with van der Waals surface area (Å²) >= 11 is 0. The maximum absolute atomic E-state index is 12.7. The molecule has 0 fully saturated rings. The van der Waals surface area contributed by atoms with E-state index in [0.29, 0.717) is 29.4 Å². The predicted octanol–water partition coefficient (Wildman–Crippen LogP) is 3.33. The zero-order valence-electron chi connectivity index (χ0n) is 18.5. The van der Waals surface area contributed by atoms with Gasteiger partial charge in [0.25, 0.3) is 5.91 Å². The maximum Gasteiger partial charge on any atom is 0.267 e. The first-order chi connectivity index (χ1) is 15.0. The molecule has 2 N–H and O–H groups in total. The summed E-state index contributed by atoms with van der Waals surface area (Å²) in [5, 5.41) is 5.59. The molecular formula is C24H30N2O5. The summed E-state index contributed by atoms with van der Waals surface area (Å²) in [5.74, 6) is 1.20. The van der Waals surface area contributed by atoms with E-state index in [1.807, 2.05) is 19.1 Å². The van der Waals surface area contributed by atoms with E-state index in [9.17, 15) is 9.59 Å². The third-order valence-electron chi connectivity index (χ3n) is 4.58. The van der Waals surface area contributed by atoms with Crippen LogP contribution in [-0.2, 0) is 16.0 Å². The van der Waals surface area contributed by atoms with Crippen molar-refractivity contribution in [2.45, 2.75) is 26.2 Å². The van der Waals surface area contributed by atoms with Gasteiger partial charge in [-0.2, -0.15) is 0 Å². The van der Waals surface area contributed by atoms with E-state index >= 15 is 0 Å². The molecule has 0 aliphatic rings. The van der Waals surface area contributed by atoms with E-state index in [0.717, 1.165) is 18.4 Å². The van der Waals surface area contributed by atoms with Crippen molar-refractivity contribution in [3.8, 4) is 17.2 Å². The summed E-state index contributed by atoms with van der Waals surface area (Å²) in [6, 6.07) is 12.5. The van der Waals surface area contributed by atoms with Crippen molar-refractivity contribution in [2.75, 3.05) is 27.9 Å². The predicted molar refractivity (Wildman–Crippen MR) is 120 cm³/mol. The lowest BCUT2D eigenvalue weighted by Crippen LogP contribution is -2.35. The monoisotopic (exact) mass is 426 g/mol. The van der Waals surface area contributed by atoms with Gasteiger partial charge in [0.05, 0.1) is 27.8 Å². The number of benzene rings is 2. The van der Waals surface area contributed by atoms with Crippen LogP contribution in [0.3, 0.4) is 0 Å². The molecule has 2 rings (SSSR count). The van der Waals surface area contributed by atoms with Crippen LogP contribution in [0, 0.1) is 0 Å². The second kappa shape index (κ2) is 12.3. The molecule has 2 amide bonds. The van der Waals surface area contributed by atoms with E-state index < -0.39 is 0 Å². The highest BCUT2D eigenvalue weighted by molar-refractivity contribution is 6.01. The maximum atomic E-state index is 12.7. The van der Waals surface area contributed by atoms with Gasteiger partial charge in [-0.25, -0.2) is 0 Å². The molecule has 2 aromatic carbocycles. The Labute approximate surface area is 183 Å². The summed E-state index contributed by atoms with van der Waals surface area (Å²) in [7, 11) is 4.68. The number of hydrogen-bond acceptors (Lipinski definition) is 5. The first-order valence-electron chi connectivity index (χ1n) is 10.1. The Hall–Kier alpha value is -3.48. The van der Waals surface area contributed by atoms with Crippen molar-refractivity contribution in [2.24, 2.45) is 0 Å². The Balaban J connectivity index is 2.21. The first kappa shape index (κ1) is 23.8. The fourth-order valence-corrected chi connectivity index (χ4v) is 2.86. The topological polar surface area (TPSA) is 85.9 Å². The van der Waals surface area contributed by atoms with Gasteiger partial charge < -0.3 is 24.8 Å². The van der Waals surface area contributed by atoms with Crippen LogP contribution < -0.4 is 24.8 Å². The number of nitrogens with one attached hydrogen (secondary N) is 2. The Morgan fingerprint density at radius 2 is 1.65 bits per heavy atom. The van der Waals surface area contributed by atoms with Crippen LogP contribution in [0.5, 0.6) is 17.2 Å². The zero-order chi connectivity index (χ0) is 22.6. The van der Waals surface area contributed by atoms with Crippen LogP contribution in [0.1, 0.15) is 30.9 Å². The van der Waals surface area contributed by atoms with Crippen molar-refractivity contribution in [1.29, 1.82) is 0 Å². The summed E-state index contributed by atoms with van der Waals surface area (Å²) in [6.07, 6.45) is 3.57. The summed E-state index contributed by atoms with van der Waals surface area (Å²) in [5.41, 5.74) is 1.68. The highest BCUT2D eigenvalue weighted by atomic mass is 16.5. The number of unbranched alkanes of at least 4 members (excludes halogenated alkanes) is 1. The van der Waals surface area contributed by atoms with E-state index in [4.69, 9.17) is 14.2 Å². The molecule has 31 heavy (non-hydrogen) atoms. The largest absolute Gasteiger partial charge is 0.497 e. The van der Waals surface area contributed by atoms with Crippen LogP contribution in [0.4, 0.5) is 0 Å². The van der Waals surface area contributed by atoms with Crippen molar-refractivity contribution in [3.63, 3.8) is 0 Å². The lowest BCUT2D eigenvalue weighted by atomic mass is 10.1. The van der Waals surface area contributed by atoms with Crippen molar-refractivity contribution in [3.05, 3.63) is 59.3 Å². The summed E-state index contributed by atoms with van der Waals surface area (Å²) in [6.45, 7) is 2.58. The van der Waals surface area contributed by atoms with Crippen LogP contribution in [-0.4, -0.2) is 39.7 Å². The number of hydrogen-bond donors (Lipinski definition) is 2. The third-order valence-corrected chi connectivity index (χ3v) is 4.58. The van der Waals surface area contributed by atoms with E-state index in [1.54, 1.807) is 57.7 Å². The fourth-order valence-electron chi connectivity index (χ4n) is 2.86. The lowest BCUT2D eigenvalue weighted by molar-refractivity contribution is -0.123. The number of methoxy groups -OCH3 is 3. The van der Waals surface area contributed by atoms with E-state index in [1.165, 1.54) is 0 Å². The zero-order valence-corrected chi connectivity index (χ0v) is 18.5. The average molecular weight is 427 g/mol. The second-order valence-electron chi connectivity index (χ2n) is 6.85. The summed E-state index contributed by atoms with van der Waals surface area (Å²) in [4.78, 5) is 25.3. The molecular weight excluding hydrogens is 396 g/mol. The third kappa shape index (κ3) is 7.37. The first-order valence-corrected chi connectivity index (χ1v) is 10.1. The molecule has 0 aromatic heterocycles. The molecule has 0 aliphatic heterocycles. The van der Waals surface area contributed by atoms with Crippen LogP contribution in [0.2, 0.25) is 0 Å². The Bertz CT molecular complexity index is 907. The quantitative estimate of drug-likeness (QED) is 0.425. The molecule has 0 bridgehead atoms. The molecule has 0 radical (unpaired) electrons. The Morgan fingerprint density at radius 1 is 0.935 bits per heavy atom. The molecule has 0 aliphatic carbocycles. The van der Waals surface area contributed by atoms with Gasteiger partial charge in [0.15, 0.2) is 11.5 Å². The van der Waals surface area contributed by atoms with Gasteiger partial charge >= 0.3 is 0 Å². The number of carbonyl (C=O) groups excluding carboxylic acids is 2. The van der Waals surface area contributed by atoms with Gasteiger partial charge in [-0.15, -0.1) is 0 Å². The Kier molecular flexibility index (Phi) is 9.42. The standard InChI is InChI=1S/C24H30N2O5/c1-5-6-13-25-24(28)20(14-18-9-12-21(30-3)22(15-18)31-4)26-23(27)16-17-7-10-19(29-2)11-8-17/h7-12,14-15H,5-6,13,16H2,1-4H3,(H,25,28)(H,26,27)/b20-14+. The Morgan fingerprint density at radius 3 is 2.26 bits per heavy atom. The molecule has 0 unspecified atom stereocenters. The highest BCUT2D eigenvalue weighted by Gasteiger charge is 2.14. The molecule has 166 valence electrons. The molecule has 0 saturated heterocycles. The minimum atomic E-state index is -0.341. The van der Waals surface area contributed by atoms with Crippen molar-refractivity contribution >= 4 is 17.9 Å². The van der Waals surface area contributed by atoms with Gasteiger partial charge in [-0.1, -0.05) is 31.5 Å². The molecule has 7 nitrogen and oxygen atoms in total. The fraction of sp³-hybridized carbons (Fsp3) is 0.333. The molecule has 0 heterocycles. The highest BCUT2D eigenvalue weighted by Crippen LogP contribution is 2.28. The second-order valence-corrected chi connectivity index (χ2v) is 6.85.